The van der Waals surface area contributed by atoms with Crippen molar-refractivity contribution in [3.05, 3.63) is 29.6 Å². The number of hydrogen-bond acceptors (Lipinski definition) is 3. The Balaban J connectivity index is 1.95. The van der Waals surface area contributed by atoms with Crippen molar-refractivity contribution in [1.82, 2.24) is 15.2 Å². The molecule has 1 heterocycles. The van der Waals surface area contributed by atoms with Gasteiger partial charge in [-0.25, -0.2) is 0 Å². The second kappa shape index (κ2) is 7.37. The average Bonchev–Trinajstić information content (AvgIpc) is 2.41. The second-order valence-corrected chi connectivity index (χ2v) is 7.08. The average molecular weight is 289 g/mol. The molecule has 1 aromatic heterocycles. The number of hydrogen-bond donors (Lipinski definition) is 1. The number of nitrogens with one attached hydrogen (secondary N) is 1. The topological polar surface area (TPSA) is 28.2 Å². The summed E-state index contributed by atoms with van der Waals surface area (Å²) in [6, 6.07) is 6.94. The maximum Gasteiger partial charge on any atom is 0.0547 e. The summed E-state index contributed by atoms with van der Waals surface area (Å²) in [5.41, 5.74) is 2.28. The van der Waals surface area contributed by atoms with Crippen LogP contribution >= 0.6 is 0 Å². The third-order valence-corrected chi connectivity index (χ3v) is 4.95. The zero-order valence-corrected chi connectivity index (χ0v) is 14.3. The standard InChI is InChI=1S/C18H31N3/c1-13-9-14(2)17(18(10-13)19-4)12-21(5)11-16-8-6-7-15(3)20-16/h6-8,13-14,17-19H,9-12H2,1-5H3. The van der Waals surface area contributed by atoms with E-state index in [4.69, 9.17) is 0 Å². The van der Waals surface area contributed by atoms with E-state index in [-0.39, 0.29) is 0 Å². The number of aryl methyl sites for hydroxylation is 1. The number of nitrogens with zero attached hydrogens (tertiary/aromatic N) is 2. The van der Waals surface area contributed by atoms with Crippen molar-refractivity contribution in [3.63, 3.8) is 0 Å². The minimum atomic E-state index is 0.650. The van der Waals surface area contributed by atoms with Gasteiger partial charge in [0.2, 0.25) is 0 Å². The lowest BCUT2D eigenvalue weighted by Crippen LogP contribution is -2.47. The minimum absolute atomic E-state index is 0.650. The first-order valence-corrected chi connectivity index (χ1v) is 8.28. The van der Waals surface area contributed by atoms with Gasteiger partial charge in [0.15, 0.2) is 0 Å². The maximum absolute atomic E-state index is 4.62. The van der Waals surface area contributed by atoms with Gasteiger partial charge in [0.05, 0.1) is 5.69 Å². The van der Waals surface area contributed by atoms with Gasteiger partial charge in [-0.1, -0.05) is 19.9 Å². The van der Waals surface area contributed by atoms with Gasteiger partial charge in [-0.2, -0.15) is 0 Å². The fraction of sp³-hybridized carbons (Fsp3) is 0.722. The summed E-state index contributed by atoms with van der Waals surface area (Å²) in [6.45, 7) is 8.96. The first kappa shape index (κ1) is 16.4. The molecule has 0 aliphatic heterocycles. The largest absolute Gasteiger partial charge is 0.317 e. The molecule has 0 amide bonds. The summed E-state index contributed by atoms with van der Waals surface area (Å²) in [4.78, 5) is 7.05. The van der Waals surface area contributed by atoms with Crippen molar-refractivity contribution >= 4 is 0 Å². The normalized spacial score (nSPS) is 29.8. The first-order valence-electron chi connectivity index (χ1n) is 8.28. The molecule has 1 N–H and O–H groups in total. The third-order valence-electron chi connectivity index (χ3n) is 4.95. The van der Waals surface area contributed by atoms with Crippen molar-refractivity contribution in [2.24, 2.45) is 17.8 Å². The molecule has 1 fully saturated rings. The fourth-order valence-electron chi connectivity index (χ4n) is 3.94. The molecule has 4 atom stereocenters. The van der Waals surface area contributed by atoms with E-state index in [1.165, 1.54) is 18.5 Å². The smallest absolute Gasteiger partial charge is 0.0547 e. The Hall–Kier alpha value is -0.930. The van der Waals surface area contributed by atoms with E-state index in [0.717, 1.165) is 36.5 Å². The quantitative estimate of drug-likeness (QED) is 0.903. The molecule has 3 nitrogen and oxygen atoms in total. The van der Waals surface area contributed by atoms with Crippen LogP contribution in [0.1, 0.15) is 38.1 Å². The van der Waals surface area contributed by atoms with Crippen LogP contribution < -0.4 is 5.32 Å². The Kier molecular flexibility index (Phi) is 5.77. The van der Waals surface area contributed by atoms with Gasteiger partial charge < -0.3 is 10.2 Å². The van der Waals surface area contributed by atoms with Gasteiger partial charge in [0.25, 0.3) is 0 Å². The summed E-state index contributed by atoms with van der Waals surface area (Å²) < 4.78 is 0. The number of pyridine rings is 1. The number of rotatable bonds is 5. The Labute approximate surface area is 130 Å². The van der Waals surface area contributed by atoms with Crippen LogP contribution in [-0.2, 0) is 6.54 Å². The lowest BCUT2D eigenvalue weighted by atomic mass is 9.72. The highest BCUT2D eigenvalue weighted by atomic mass is 15.1. The first-order chi connectivity index (χ1) is 9.99. The van der Waals surface area contributed by atoms with Gasteiger partial charge in [-0.3, -0.25) is 4.98 Å². The molecule has 1 aliphatic carbocycles. The second-order valence-electron chi connectivity index (χ2n) is 7.08. The van der Waals surface area contributed by atoms with E-state index in [9.17, 15) is 0 Å². The van der Waals surface area contributed by atoms with Crippen molar-refractivity contribution in [2.75, 3.05) is 20.6 Å². The molecule has 0 bridgehead atoms. The van der Waals surface area contributed by atoms with Crippen molar-refractivity contribution in [2.45, 2.75) is 46.2 Å². The summed E-state index contributed by atoms with van der Waals surface area (Å²) in [5, 5.41) is 3.55. The summed E-state index contributed by atoms with van der Waals surface area (Å²) in [5.74, 6) is 2.37. The predicted molar refractivity (Wildman–Crippen MR) is 89.2 cm³/mol. The SMILES string of the molecule is CNC1CC(C)CC(C)C1CN(C)Cc1cccc(C)n1. The van der Waals surface area contributed by atoms with Crippen LogP contribution in [0.25, 0.3) is 0 Å². The molecule has 1 saturated carbocycles. The molecule has 2 rings (SSSR count). The molecular formula is C18H31N3. The fourth-order valence-corrected chi connectivity index (χ4v) is 3.94. The molecule has 0 spiro atoms. The number of aromatic nitrogens is 1. The van der Waals surface area contributed by atoms with Gasteiger partial charge in [0, 0.05) is 24.8 Å². The van der Waals surface area contributed by atoms with Gasteiger partial charge in [-0.05, 0) is 63.7 Å². The minimum Gasteiger partial charge on any atom is -0.317 e. The highest BCUT2D eigenvalue weighted by molar-refractivity contribution is 5.09. The van der Waals surface area contributed by atoms with Crippen LogP contribution in [0.15, 0.2) is 18.2 Å². The lowest BCUT2D eigenvalue weighted by molar-refractivity contribution is 0.112. The Morgan fingerprint density at radius 3 is 2.71 bits per heavy atom. The molecule has 4 unspecified atom stereocenters. The Morgan fingerprint density at radius 2 is 2.05 bits per heavy atom. The van der Waals surface area contributed by atoms with Crippen LogP contribution in [0.2, 0.25) is 0 Å². The van der Waals surface area contributed by atoms with Gasteiger partial charge in [-0.15, -0.1) is 0 Å². The molecule has 21 heavy (non-hydrogen) atoms. The van der Waals surface area contributed by atoms with Gasteiger partial charge >= 0.3 is 0 Å². The highest BCUT2D eigenvalue weighted by Crippen LogP contribution is 2.34. The Morgan fingerprint density at radius 1 is 1.29 bits per heavy atom. The lowest BCUT2D eigenvalue weighted by Gasteiger charge is -2.41. The molecule has 1 aliphatic rings. The van der Waals surface area contributed by atoms with Crippen LogP contribution in [-0.4, -0.2) is 36.6 Å². The van der Waals surface area contributed by atoms with E-state index in [1.54, 1.807) is 0 Å². The molecule has 0 aromatic carbocycles. The predicted octanol–water partition coefficient (Wildman–Crippen LogP) is 3.09. The monoisotopic (exact) mass is 289 g/mol. The van der Waals surface area contributed by atoms with E-state index >= 15 is 0 Å². The van der Waals surface area contributed by atoms with E-state index in [1.807, 2.05) is 0 Å². The zero-order chi connectivity index (χ0) is 15.4. The zero-order valence-electron chi connectivity index (χ0n) is 14.3. The van der Waals surface area contributed by atoms with Crippen LogP contribution in [0.5, 0.6) is 0 Å². The van der Waals surface area contributed by atoms with Crippen LogP contribution in [0.4, 0.5) is 0 Å². The van der Waals surface area contributed by atoms with E-state index < -0.39 is 0 Å². The van der Waals surface area contributed by atoms with Crippen molar-refractivity contribution in [3.8, 4) is 0 Å². The molecular weight excluding hydrogens is 258 g/mol. The Bertz CT molecular complexity index is 446. The molecule has 0 saturated heterocycles. The summed E-state index contributed by atoms with van der Waals surface area (Å²) in [6.07, 6.45) is 2.67. The van der Waals surface area contributed by atoms with Crippen LogP contribution in [0.3, 0.4) is 0 Å². The van der Waals surface area contributed by atoms with Crippen molar-refractivity contribution in [1.29, 1.82) is 0 Å². The molecule has 0 radical (unpaired) electrons. The maximum atomic E-state index is 4.62. The van der Waals surface area contributed by atoms with E-state index in [2.05, 4.69) is 68.3 Å². The van der Waals surface area contributed by atoms with Crippen LogP contribution in [0, 0.1) is 24.7 Å². The highest BCUT2D eigenvalue weighted by Gasteiger charge is 2.33. The van der Waals surface area contributed by atoms with Gasteiger partial charge in [0.1, 0.15) is 0 Å². The molecule has 3 heteroatoms. The summed E-state index contributed by atoms with van der Waals surface area (Å²) in [7, 11) is 4.34. The molecule has 1 aromatic rings. The molecule has 118 valence electrons. The van der Waals surface area contributed by atoms with E-state index in [0.29, 0.717) is 6.04 Å². The van der Waals surface area contributed by atoms with Crippen molar-refractivity contribution < 1.29 is 0 Å². The summed E-state index contributed by atoms with van der Waals surface area (Å²) >= 11 is 0. The third kappa shape index (κ3) is 4.52.